The van der Waals surface area contributed by atoms with Crippen LogP contribution in [0.5, 0.6) is 0 Å². The number of hydrogen-bond acceptors (Lipinski definition) is 2. The molecule has 0 atom stereocenters. The molecule has 0 spiro atoms. The number of halogens is 1. The Hall–Kier alpha value is -0.850. The molecule has 0 bridgehead atoms. The van der Waals surface area contributed by atoms with Crippen molar-refractivity contribution >= 4 is 15.9 Å². The molecule has 0 radical (unpaired) electrons. The van der Waals surface area contributed by atoms with Gasteiger partial charge in [0, 0.05) is 4.47 Å². The van der Waals surface area contributed by atoms with E-state index in [1.54, 1.807) is 0 Å². The Balaban J connectivity index is 2.31. The number of nitriles is 1. The molecular formula is C11H10BrNO. The Morgan fingerprint density at radius 3 is 2.36 bits per heavy atom. The zero-order chi connectivity index (χ0) is 10.2. The van der Waals surface area contributed by atoms with Crippen molar-refractivity contribution in [2.75, 3.05) is 0 Å². The molecule has 0 unspecified atom stereocenters. The monoisotopic (exact) mass is 251 g/mol. The topological polar surface area (TPSA) is 44.0 Å². The third-order valence-corrected chi connectivity index (χ3v) is 3.31. The van der Waals surface area contributed by atoms with E-state index in [2.05, 4.69) is 22.0 Å². The maximum Gasteiger partial charge on any atom is 0.0871 e. The van der Waals surface area contributed by atoms with Crippen molar-refractivity contribution in [3.05, 3.63) is 34.3 Å². The molecule has 72 valence electrons. The van der Waals surface area contributed by atoms with E-state index in [4.69, 9.17) is 5.26 Å². The zero-order valence-corrected chi connectivity index (χ0v) is 9.16. The van der Waals surface area contributed by atoms with Crippen LogP contribution in [-0.2, 0) is 5.41 Å². The SMILES string of the molecule is N#CC1(c2ccc(Br)cc2)CC(O)C1. The molecule has 1 aromatic rings. The van der Waals surface area contributed by atoms with Gasteiger partial charge in [0.15, 0.2) is 0 Å². The largest absolute Gasteiger partial charge is 0.393 e. The van der Waals surface area contributed by atoms with Crippen molar-refractivity contribution < 1.29 is 5.11 Å². The van der Waals surface area contributed by atoms with E-state index in [0.29, 0.717) is 12.8 Å². The van der Waals surface area contributed by atoms with Gasteiger partial charge in [-0.2, -0.15) is 5.26 Å². The minimum Gasteiger partial charge on any atom is -0.393 e. The highest BCUT2D eigenvalue weighted by atomic mass is 79.9. The highest BCUT2D eigenvalue weighted by molar-refractivity contribution is 9.10. The molecule has 3 heteroatoms. The molecule has 1 saturated carbocycles. The fraction of sp³-hybridized carbons (Fsp3) is 0.364. The van der Waals surface area contributed by atoms with Gasteiger partial charge in [0.2, 0.25) is 0 Å². The number of rotatable bonds is 1. The fourth-order valence-corrected chi connectivity index (χ4v) is 2.17. The quantitative estimate of drug-likeness (QED) is 0.833. The van der Waals surface area contributed by atoms with Gasteiger partial charge in [-0.3, -0.25) is 0 Å². The normalized spacial score (nSPS) is 30.5. The van der Waals surface area contributed by atoms with Crippen LogP contribution in [0.15, 0.2) is 28.7 Å². The van der Waals surface area contributed by atoms with Crippen LogP contribution in [-0.4, -0.2) is 11.2 Å². The maximum atomic E-state index is 9.27. The predicted octanol–water partition coefficient (Wildman–Crippen LogP) is 2.37. The van der Waals surface area contributed by atoms with Crippen LogP contribution >= 0.6 is 15.9 Å². The number of aliphatic hydroxyl groups is 1. The van der Waals surface area contributed by atoms with Crippen molar-refractivity contribution in [1.29, 1.82) is 5.26 Å². The maximum absolute atomic E-state index is 9.27. The first kappa shape index (κ1) is 9.70. The summed E-state index contributed by atoms with van der Waals surface area (Å²) in [6, 6.07) is 10.1. The van der Waals surface area contributed by atoms with Gasteiger partial charge in [-0.1, -0.05) is 28.1 Å². The lowest BCUT2D eigenvalue weighted by atomic mass is 9.64. The van der Waals surface area contributed by atoms with Gasteiger partial charge in [-0.15, -0.1) is 0 Å². The summed E-state index contributed by atoms with van der Waals surface area (Å²) in [6.07, 6.45) is 0.814. The van der Waals surface area contributed by atoms with Gasteiger partial charge >= 0.3 is 0 Å². The van der Waals surface area contributed by atoms with Crippen LogP contribution in [0.3, 0.4) is 0 Å². The van der Waals surface area contributed by atoms with Crippen LogP contribution < -0.4 is 0 Å². The summed E-state index contributed by atoms with van der Waals surface area (Å²) in [5, 5.41) is 18.4. The van der Waals surface area contributed by atoms with Gasteiger partial charge in [-0.05, 0) is 30.5 Å². The van der Waals surface area contributed by atoms with Gasteiger partial charge in [0.1, 0.15) is 0 Å². The molecule has 1 fully saturated rings. The molecule has 0 aliphatic heterocycles. The number of aliphatic hydroxyl groups excluding tert-OH is 1. The third-order valence-electron chi connectivity index (χ3n) is 2.78. The second kappa shape index (κ2) is 3.38. The molecule has 1 N–H and O–H groups in total. The molecule has 0 heterocycles. The van der Waals surface area contributed by atoms with Crippen LogP contribution in [0.1, 0.15) is 18.4 Å². The van der Waals surface area contributed by atoms with E-state index in [9.17, 15) is 5.11 Å². The van der Waals surface area contributed by atoms with E-state index in [1.807, 2.05) is 24.3 Å². The van der Waals surface area contributed by atoms with E-state index >= 15 is 0 Å². The van der Waals surface area contributed by atoms with Gasteiger partial charge in [0.05, 0.1) is 17.6 Å². The van der Waals surface area contributed by atoms with Crippen molar-refractivity contribution in [2.24, 2.45) is 0 Å². The molecule has 0 saturated heterocycles. The minimum atomic E-state index is -0.444. The Bertz CT molecular complexity index is 373. The summed E-state index contributed by atoms with van der Waals surface area (Å²) >= 11 is 3.35. The average Bonchev–Trinajstić information content (AvgIpc) is 2.14. The molecule has 0 aromatic heterocycles. The number of nitrogens with zero attached hydrogens (tertiary/aromatic N) is 1. The van der Waals surface area contributed by atoms with Gasteiger partial charge in [-0.25, -0.2) is 0 Å². The second-order valence-electron chi connectivity index (χ2n) is 3.76. The smallest absolute Gasteiger partial charge is 0.0871 e. The standard InChI is InChI=1S/C11H10BrNO/c12-9-3-1-8(2-4-9)11(7-13)5-10(14)6-11/h1-4,10,14H,5-6H2. The first-order valence-corrected chi connectivity index (χ1v) is 5.31. The van der Waals surface area contributed by atoms with Crippen molar-refractivity contribution in [3.63, 3.8) is 0 Å². The van der Waals surface area contributed by atoms with Gasteiger partial charge in [0.25, 0.3) is 0 Å². The molecule has 1 aliphatic rings. The third kappa shape index (κ3) is 1.45. The minimum absolute atomic E-state index is 0.307. The van der Waals surface area contributed by atoms with Crippen LogP contribution in [0.25, 0.3) is 0 Å². The van der Waals surface area contributed by atoms with E-state index < -0.39 is 5.41 Å². The van der Waals surface area contributed by atoms with E-state index in [0.717, 1.165) is 10.0 Å². The second-order valence-corrected chi connectivity index (χ2v) is 4.68. The summed E-state index contributed by atoms with van der Waals surface area (Å²) in [5.41, 5.74) is 0.564. The Morgan fingerprint density at radius 1 is 1.36 bits per heavy atom. The first-order valence-electron chi connectivity index (χ1n) is 4.52. The lowest BCUT2D eigenvalue weighted by Crippen LogP contribution is -2.43. The van der Waals surface area contributed by atoms with Crippen molar-refractivity contribution in [3.8, 4) is 6.07 Å². The first-order chi connectivity index (χ1) is 6.66. The Labute approximate surface area is 91.3 Å². The van der Waals surface area contributed by atoms with Crippen molar-refractivity contribution in [1.82, 2.24) is 0 Å². The number of hydrogen-bond donors (Lipinski definition) is 1. The summed E-state index contributed by atoms with van der Waals surface area (Å²) < 4.78 is 1.01. The fourth-order valence-electron chi connectivity index (χ4n) is 1.91. The van der Waals surface area contributed by atoms with Crippen molar-refractivity contribution in [2.45, 2.75) is 24.4 Å². The lowest BCUT2D eigenvalue weighted by Gasteiger charge is -2.40. The van der Waals surface area contributed by atoms with Crippen LogP contribution in [0.2, 0.25) is 0 Å². The van der Waals surface area contributed by atoms with Gasteiger partial charge < -0.3 is 5.11 Å². The highest BCUT2D eigenvalue weighted by Gasteiger charge is 2.45. The Morgan fingerprint density at radius 2 is 1.93 bits per heavy atom. The molecule has 1 aromatic carbocycles. The summed E-state index contributed by atoms with van der Waals surface area (Å²) in [4.78, 5) is 0. The van der Waals surface area contributed by atoms with Crippen LogP contribution in [0, 0.1) is 11.3 Å². The Kier molecular flexibility index (Phi) is 2.34. The molecule has 2 rings (SSSR count). The predicted molar refractivity (Wildman–Crippen MR) is 56.7 cm³/mol. The summed E-state index contributed by atoms with van der Waals surface area (Å²) in [7, 11) is 0. The lowest BCUT2D eigenvalue weighted by molar-refractivity contribution is 0.0447. The number of benzene rings is 1. The molecule has 14 heavy (non-hydrogen) atoms. The summed E-state index contributed by atoms with van der Waals surface area (Å²) in [6.45, 7) is 0. The molecular weight excluding hydrogens is 242 g/mol. The average molecular weight is 252 g/mol. The molecule has 0 amide bonds. The van der Waals surface area contributed by atoms with E-state index in [1.165, 1.54) is 0 Å². The molecule has 2 nitrogen and oxygen atoms in total. The van der Waals surface area contributed by atoms with E-state index in [-0.39, 0.29) is 6.10 Å². The highest BCUT2D eigenvalue weighted by Crippen LogP contribution is 2.43. The molecule has 1 aliphatic carbocycles. The van der Waals surface area contributed by atoms with Crippen LogP contribution in [0.4, 0.5) is 0 Å². The summed E-state index contributed by atoms with van der Waals surface area (Å²) in [5.74, 6) is 0. The zero-order valence-electron chi connectivity index (χ0n) is 7.57.